The number of piperidine rings is 1. The first-order valence-electron chi connectivity index (χ1n) is 10.3. The van der Waals surface area contributed by atoms with Gasteiger partial charge in [0.05, 0.1) is 30.9 Å². The molecule has 2 N–H and O–H groups in total. The largest absolute Gasteiger partial charge is 0.378 e. The highest BCUT2D eigenvalue weighted by atomic mass is 16.5. The molecule has 5 rings (SSSR count). The molecule has 8 nitrogen and oxygen atoms in total. The molecule has 4 heterocycles. The molecule has 2 aromatic heterocycles. The highest BCUT2D eigenvalue weighted by Crippen LogP contribution is 2.44. The average molecular weight is 384 g/mol. The Morgan fingerprint density at radius 3 is 2.68 bits per heavy atom. The number of morpholine rings is 1. The molecular weight excluding hydrogens is 356 g/mol. The molecule has 2 aromatic rings. The summed E-state index contributed by atoms with van der Waals surface area (Å²) in [7, 11) is 0. The van der Waals surface area contributed by atoms with Crippen molar-refractivity contribution in [1.82, 2.24) is 24.8 Å². The number of rotatable bonds is 3. The second kappa shape index (κ2) is 7.00. The van der Waals surface area contributed by atoms with Gasteiger partial charge in [-0.3, -0.25) is 14.7 Å². The van der Waals surface area contributed by atoms with Crippen molar-refractivity contribution >= 4 is 5.95 Å². The van der Waals surface area contributed by atoms with Gasteiger partial charge in [0.1, 0.15) is 0 Å². The molecule has 0 aromatic carbocycles. The molecule has 2 aliphatic heterocycles. The molecule has 150 valence electrons. The summed E-state index contributed by atoms with van der Waals surface area (Å²) in [5.74, 6) is 0.725. The van der Waals surface area contributed by atoms with Crippen LogP contribution in [0.3, 0.4) is 0 Å². The lowest BCUT2D eigenvalue weighted by molar-refractivity contribution is 0.121. The summed E-state index contributed by atoms with van der Waals surface area (Å²) >= 11 is 0. The maximum atomic E-state index is 12.7. The van der Waals surface area contributed by atoms with Crippen molar-refractivity contribution in [3.63, 3.8) is 0 Å². The lowest BCUT2D eigenvalue weighted by Gasteiger charge is -2.39. The van der Waals surface area contributed by atoms with E-state index in [0.29, 0.717) is 13.2 Å². The Bertz CT molecular complexity index is 906. The van der Waals surface area contributed by atoms with Gasteiger partial charge in [-0.05, 0) is 45.7 Å². The van der Waals surface area contributed by atoms with Gasteiger partial charge >= 0.3 is 0 Å². The van der Waals surface area contributed by atoms with E-state index in [1.807, 2.05) is 0 Å². The van der Waals surface area contributed by atoms with Gasteiger partial charge in [-0.25, -0.2) is 9.97 Å². The fraction of sp³-hybridized carbons (Fsp3) is 0.650. The van der Waals surface area contributed by atoms with Crippen molar-refractivity contribution in [3.05, 3.63) is 39.3 Å². The van der Waals surface area contributed by atoms with Crippen LogP contribution in [0, 0.1) is 6.92 Å². The predicted molar refractivity (Wildman–Crippen MR) is 106 cm³/mol. The zero-order valence-electron chi connectivity index (χ0n) is 16.5. The van der Waals surface area contributed by atoms with Gasteiger partial charge in [-0.2, -0.15) is 0 Å². The molecule has 0 atom stereocenters. The molecule has 2 saturated heterocycles. The molecule has 1 aliphatic carbocycles. The first-order valence-corrected chi connectivity index (χ1v) is 10.3. The van der Waals surface area contributed by atoms with Crippen LogP contribution < -0.4 is 10.5 Å². The van der Waals surface area contributed by atoms with E-state index in [1.54, 1.807) is 6.33 Å². The first kappa shape index (κ1) is 17.9. The lowest BCUT2D eigenvalue weighted by Crippen LogP contribution is -2.43. The number of H-pyrrole nitrogens is 2. The van der Waals surface area contributed by atoms with Crippen LogP contribution in [0.5, 0.6) is 0 Å². The topological polar surface area (TPSA) is 90.1 Å². The van der Waals surface area contributed by atoms with Gasteiger partial charge in [0.15, 0.2) is 0 Å². The zero-order chi connectivity index (χ0) is 19.1. The van der Waals surface area contributed by atoms with E-state index in [4.69, 9.17) is 9.72 Å². The standard InChI is InChI=1S/C20H28N6O2/c1-14-16(22-13-21-14)12-25-6-4-20(5-7-25)3-2-15-17(20)23-19(24-18(15)27)26-8-10-28-11-9-26/h13H,2-12H2,1H3,(H,21,22)(H,23,24,27). The quantitative estimate of drug-likeness (QED) is 0.824. The van der Waals surface area contributed by atoms with Crippen molar-refractivity contribution < 1.29 is 4.74 Å². The molecule has 8 heteroatoms. The number of aromatic nitrogens is 4. The zero-order valence-corrected chi connectivity index (χ0v) is 16.5. The van der Waals surface area contributed by atoms with Gasteiger partial charge in [-0.1, -0.05) is 0 Å². The van der Waals surface area contributed by atoms with Crippen molar-refractivity contribution in [2.45, 2.75) is 44.6 Å². The van der Waals surface area contributed by atoms with Gasteiger partial charge < -0.3 is 14.6 Å². The number of aryl methyl sites for hydroxylation is 1. The number of hydrogen-bond acceptors (Lipinski definition) is 6. The van der Waals surface area contributed by atoms with Crippen molar-refractivity contribution in [3.8, 4) is 0 Å². The summed E-state index contributed by atoms with van der Waals surface area (Å²) in [6, 6.07) is 0. The van der Waals surface area contributed by atoms with E-state index in [1.165, 1.54) is 0 Å². The Labute approximate surface area is 164 Å². The Hall–Kier alpha value is -2.19. The number of hydrogen-bond donors (Lipinski definition) is 2. The van der Waals surface area contributed by atoms with Crippen LogP contribution in [0.1, 0.15) is 41.9 Å². The van der Waals surface area contributed by atoms with Crippen molar-refractivity contribution in [2.75, 3.05) is 44.3 Å². The number of nitrogens with zero attached hydrogens (tertiary/aromatic N) is 4. The van der Waals surface area contributed by atoms with Crippen LogP contribution in [-0.2, 0) is 23.1 Å². The molecule has 2 fully saturated rings. The monoisotopic (exact) mass is 384 g/mol. The maximum absolute atomic E-state index is 12.7. The number of fused-ring (bicyclic) bond motifs is 2. The minimum absolute atomic E-state index is 0.0537. The van der Waals surface area contributed by atoms with E-state index < -0.39 is 0 Å². The van der Waals surface area contributed by atoms with Gasteiger partial charge in [0.25, 0.3) is 5.56 Å². The number of nitrogens with one attached hydrogen (secondary N) is 2. The third-order valence-corrected chi connectivity index (χ3v) is 6.79. The Morgan fingerprint density at radius 1 is 1.18 bits per heavy atom. The average Bonchev–Trinajstić information content (AvgIpc) is 3.29. The van der Waals surface area contributed by atoms with E-state index in [9.17, 15) is 4.79 Å². The Morgan fingerprint density at radius 2 is 1.96 bits per heavy atom. The lowest BCUT2D eigenvalue weighted by atomic mass is 9.76. The van der Waals surface area contributed by atoms with Crippen LogP contribution in [0.4, 0.5) is 5.95 Å². The Kier molecular flexibility index (Phi) is 4.47. The predicted octanol–water partition coefficient (Wildman–Crippen LogP) is 1.12. The van der Waals surface area contributed by atoms with Crippen molar-refractivity contribution in [2.24, 2.45) is 0 Å². The summed E-state index contributed by atoms with van der Waals surface area (Å²) in [6.07, 6.45) is 5.78. The summed E-state index contributed by atoms with van der Waals surface area (Å²) < 4.78 is 5.44. The minimum Gasteiger partial charge on any atom is -0.378 e. The van der Waals surface area contributed by atoms with Gasteiger partial charge in [0, 0.05) is 36.3 Å². The van der Waals surface area contributed by atoms with Crippen LogP contribution in [0.15, 0.2) is 11.1 Å². The molecule has 0 bridgehead atoms. The number of likely N-dealkylation sites (tertiary alicyclic amines) is 1. The second-order valence-corrected chi connectivity index (χ2v) is 8.35. The molecule has 1 spiro atoms. The van der Waals surface area contributed by atoms with Gasteiger partial charge in [-0.15, -0.1) is 0 Å². The highest BCUT2D eigenvalue weighted by Gasteiger charge is 2.44. The normalized spacial score (nSPS) is 22.0. The molecule has 0 radical (unpaired) electrons. The molecule has 0 amide bonds. The number of ether oxygens (including phenoxy) is 1. The molecule has 28 heavy (non-hydrogen) atoms. The fourth-order valence-corrected chi connectivity index (χ4v) is 4.95. The minimum atomic E-state index is 0.0537. The third kappa shape index (κ3) is 3.04. The smallest absolute Gasteiger partial charge is 0.255 e. The van der Waals surface area contributed by atoms with Gasteiger partial charge in [0.2, 0.25) is 5.95 Å². The van der Waals surface area contributed by atoms with Crippen molar-refractivity contribution in [1.29, 1.82) is 0 Å². The fourth-order valence-electron chi connectivity index (χ4n) is 4.95. The third-order valence-electron chi connectivity index (χ3n) is 6.79. The summed E-state index contributed by atoms with van der Waals surface area (Å²) in [5.41, 5.74) is 4.36. The molecule has 0 saturated carbocycles. The molecule has 3 aliphatic rings. The molecule has 0 unspecified atom stereocenters. The second-order valence-electron chi connectivity index (χ2n) is 8.35. The van der Waals surface area contributed by atoms with E-state index in [-0.39, 0.29) is 11.0 Å². The van der Waals surface area contributed by atoms with E-state index in [0.717, 1.165) is 87.0 Å². The van der Waals surface area contributed by atoms with Crippen LogP contribution in [0.25, 0.3) is 0 Å². The number of aromatic amines is 2. The maximum Gasteiger partial charge on any atom is 0.255 e. The van der Waals surface area contributed by atoms with E-state index >= 15 is 0 Å². The SMILES string of the molecule is Cc1[nH]cnc1CN1CCC2(CCc3c2nc(N2CCOCC2)[nH]c3=O)CC1. The Balaban J connectivity index is 1.36. The van der Waals surface area contributed by atoms with Crippen LogP contribution in [0.2, 0.25) is 0 Å². The summed E-state index contributed by atoms with van der Waals surface area (Å²) in [6.45, 7) is 7.95. The highest BCUT2D eigenvalue weighted by molar-refractivity contribution is 5.40. The van der Waals surface area contributed by atoms with Crippen LogP contribution >= 0.6 is 0 Å². The summed E-state index contributed by atoms with van der Waals surface area (Å²) in [4.78, 5) is 33.0. The number of imidazole rings is 1. The molecular formula is C20H28N6O2. The summed E-state index contributed by atoms with van der Waals surface area (Å²) in [5, 5.41) is 0. The van der Waals surface area contributed by atoms with E-state index in [2.05, 4.69) is 31.7 Å². The first-order chi connectivity index (χ1) is 13.6. The number of anilines is 1. The van der Waals surface area contributed by atoms with Crippen LogP contribution in [-0.4, -0.2) is 64.2 Å².